The van der Waals surface area contributed by atoms with Crippen molar-refractivity contribution in [2.75, 3.05) is 0 Å². The van der Waals surface area contributed by atoms with Crippen LogP contribution >= 0.6 is 0 Å². The number of carbonyl (C=O) groups excluding carboxylic acids is 2. The monoisotopic (exact) mass is 559 g/mol. The molecule has 3 rings (SSSR count). The molecule has 0 radical (unpaired) electrons. The summed E-state index contributed by atoms with van der Waals surface area (Å²) in [6.07, 6.45) is 7.41. The van der Waals surface area contributed by atoms with E-state index in [0.717, 1.165) is 36.5 Å². The number of aldehydes is 1. The first kappa shape index (κ1) is 31.0. The van der Waals surface area contributed by atoms with Gasteiger partial charge in [0, 0.05) is 12.0 Å². The number of halogens is 3. The quantitative estimate of drug-likeness (QED) is 0.0733. The Kier molecular flexibility index (Phi) is 12.3. The maximum atomic E-state index is 13.1. The predicted octanol–water partition coefficient (Wildman–Crippen LogP) is 7.49. The van der Waals surface area contributed by atoms with Crippen molar-refractivity contribution < 1.29 is 32.1 Å². The van der Waals surface area contributed by atoms with Crippen LogP contribution in [0.5, 0.6) is 0 Å². The van der Waals surface area contributed by atoms with E-state index in [1.54, 1.807) is 24.3 Å². The van der Waals surface area contributed by atoms with Crippen LogP contribution in [0.25, 0.3) is 11.5 Å². The van der Waals surface area contributed by atoms with E-state index in [2.05, 4.69) is 17.1 Å². The van der Waals surface area contributed by atoms with Gasteiger partial charge in [0.15, 0.2) is 5.82 Å². The number of rotatable bonds is 17. The van der Waals surface area contributed by atoms with E-state index in [9.17, 15) is 22.8 Å². The molecule has 2 aromatic carbocycles. The van der Waals surface area contributed by atoms with Crippen LogP contribution in [0.15, 0.2) is 53.1 Å². The molecule has 10 heteroatoms. The second kappa shape index (κ2) is 15.9. The zero-order chi connectivity index (χ0) is 28.8. The van der Waals surface area contributed by atoms with Crippen molar-refractivity contribution in [1.82, 2.24) is 15.2 Å². The number of unbranched alkanes of at least 4 members (excludes halogenated alkanes) is 8. The Morgan fingerprint density at radius 3 is 2.23 bits per heavy atom. The number of alkyl halides is 3. The summed E-state index contributed by atoms with van der Waals surface area (Å²) in [5.41, 5.74) is 0.871. The molecule has 0 aliphatic heterocycles. The number of benzene rings is 2. The van der Waals surface area contributed by atoms with Gasteiger partial charge >= 0.3 is 12.1 Å². The third-order valence-corrected chi connectivity index (χ3v) is 6.46. The summed E-state index contributed by atoms with van der Waals surface area (Å²) < 4.78 is 44.7. The van der Waals surface area contributed by atoms with E-state index < -0.39 is 17.7 Å². The Morgan fingerprint density at radius 1 is 0.925 bits per heavy atom. The number of hydrogen-bond acceptors (Lipinski definition) is 7. The summed E-state index contributed by atoms with van der Waals surface area (Å²) in [4.78, 5) is 31.9. The van der Waals surface area contributed by atoms with E-state index in [1.807, 2.05) is 0 Å². The summed E-state index contributed by atoms with van der Waals surface area (Å²) in [5, 5.41) is 5.22. The highest BCUT2D eigenvalue weighted by Gasteiger charge is 2.30. The topological polar surface area (TPSA) is 85.5 Å². The van der Waals surface area contributed by atoms with Crippen molar-refractivity contribution in [2.45, 2.75) is 90.4 Å². The van der Waals surface area contributed by atoms with Crippen LogP contribution in [0.2, 0.25) is 0 Å². The Morgan fingerprint density at radius 2 is 1.57 bits per heavy atom. The maximum absolute atomic E-state index is 13.1. The van der Waals surface area contributed by atoms with Crippen LogP contribution in [-0.2, 0) is 40.1 Å². The normalized spacial score (nSPS) is 11.6. The Labute approximate surface area is 232 Å². The molecule has 1 aromatic heterocycles. The molecule has 1 heterocycles. The summed E-state index contributed by atoms with van der Waals surface area (Å²) >= 11 is 0. The molecule has 0 fully saturated rings. The standard InChI is InChI=1S/C30H36F3N3O4/c1-2-3-4-5-6-7-8-9-10-14-27-34-29(39-35-27)25-17-15-23(16-18-25)20-36(40-28(38)22-37)21-24-12-11-13-26(19-24)30(31,32)33/h11-13,15-19,22H,2-10,14,20-21H2,1H3. The second-order valence-corrected chi connectivity index (χ2v) is 9.82. The van der Waals surface area contributed by atoms with Crippen LogP contribution in [0.3, 0.4) is 0 Å². The highest BCUT2D eigenvalue weighted by molar-refractivity contribution is 6.20. The zero-order valence-corrected chi connectivity index (χ0v) is 22.8. The summed E-state index contributed by atoms with van der Waals surface area (Å²) in [5.74, 6) is -0.0882. The fraction of sp³-hybridized carbons (Fsp3) is 0.467. The molecule has 40 heavy (non-hydrogen) atoms. The van der Waals surface area contributed by atoms with Gasteiger partial charge in [-0.05, 0) is 35.7 Å². The number of hydroxylamine groups is 2. The summed E-state index contributed by atoms with van der Waals surface area (Å²) in [6, 6.07) is 11.8. The first-order valence-electron chi connectivity index (χ1n) is 13.8. The average molecular weight is 560 g/mol. The SMILES string of the molecule is CCCCCCCCCCCc1noc(-c2ccc(CN(Cc3cccc(C(F)(F)F)c3)OC(=O)C=O)cc2)n1. The molecule has 0 unspecified atom stereocenters. The van der Waals surface area contributed by atoms with Gasteiger partial charge in [0.1, 0.15) is 0 Å². The van der Waals surface area contributed by atoms with Crippen molar-refractivity contribution in [3.8, 4) is 11.5 Å². The fourth-order valence-electron chi connectivity index (χ4n) is 4.34. The third kappa shape index (κ3) is 10.6. The van der Waals surface area contributed by atoms with Gasteiger partial charge in [-0.25, -0.2) is 4.79 Å². The van der Waals surface area contributed by atoms with Gasteiger partial charge in [0.2, 0.25) is 6.29 Å². The predicted molar refractivity (Wildman–Crippen MR) is 144 cm³/mol. The number of hydrogen-bond donors (Lipinski definition) is 0. The fourth-order valence-corrected chi connectivity index (χ4v) is 4.34. The van der Waals surface area contributed by atoms with Gasteiger partial charge in [0.05, 0.1) is 18.7 Å². The third-order valence-electron chi connectivity index (χ3n) is 6.46. The van der Waals surface area contributed by atoms with Crippen LogP contribution in [0, 0.1) is 0 Å². The minimum absolute atomic E-state index is 0.00402. The van der Waals surface area contributed by atoms with Gasteiger partial charge < -0.3 is 9.36 Å². The average Bonchev–Trinajstić information content (AvgIpc) is 3.41. The smallest absolute Gasteiger partial charge is 0.361 e. The lowest BCUT2D eigenvalue weighted by atomic mass is 10.1. The summed E-state index contributed by atoms with van der Waals surface area (Å²) in [6.45, 7) is 2.13. The Hall–Kier alpha value is -3.53. The molecule has 0 amide bonds. The molecule has 7 nitrogen and oxygen atoms in total. The molecular formula is C30H36F3N3O4. The molecule has 0 N–H and O–H groups in total. The highest BCUT2D eigenvalue weighted by Crippen LogP contribution is 2.30. The van der Waals surface area contributed by atoms with E-state index >= 15 is 0 Å². The molecule has 0 aliphatic rings. The first-order valence-corrected chi connectivity index (χ1v) is 13.8. The first-order chi connectivity index (χ1) is 19.3. The van der Waals surface area contributed by atoms with Crippen LogP contribution < -0.4 is 0 Å². The number of nitrogens with zero attached hydrogens (tertiary/aromatic N) is 3. The van der Waals surface area contributed by atoms with E-state index in [1.165, 1.54) is 57.1 Å². The minimum atomic E-state index is -4.50. The number of aryl methyl sites for hydroxylation is 1. The van der Waals surface area contributed by atoms with Gasteiger partial charge in [-0.2, -0.15) is 18.2 Å². The molecule has 0 spiro atoms. The molecule has 0 saturated carbocycles. The molecule has 3 aromatic rings. The van der Waals surface area contributed by atoms with Crippen LogP contribution in [0.1, 0.15) is 87.2 Å². The van der Waals surface area contributed by atoms with Crippen molar-refractivity contribution >= 4 is 12.3 Å². The Balaban J connectivity index is 1.53. The van der Waals surface area contributed by atoms with Crippen molar-refractivity contribution in [3.05, 3.63) is 71.0 Å². The van der Waals surface area contributed by atoms with Gasteiger partial charge in [-0.3, -0.25) is 4.79 Å². The van der Waals surface area contributed by atoms with Crippen molar-refractivity contribution in [1.29, 1.82) is 0 Å². The van der Waals surface area contributed by atoms with E-state index in [0.29, 0.717) is 22.8 Å². The Bertz CT molecular complexity index is 1200. The van der Waals surface area contributed by atoms with Gasteiger partial charge in [0.25, 0.3) is 5.89 Å². The second-order valence-electron chi connectivity index (χ2n) is 9.82. The van der Waals surface area contributed by atoms with Crippen molar-refractivity contribution in [3.63, 3.8) is 0 Å². The molecular weight excluding hydrogens is 523 g/mol. The van der Waals surface area contributed by atoms with Gasteiger partial charge in [-0.15, -0.1) is 5.06 Å². The van der Waals surface area contributed by atoms with E-state index in [4.69, 9.17) is 9.36 Å². The lowest BCUT2D eigenvalue weighted by Crippen LogP contribution is -2.27. The molecule has 0 bridgehead atoms. The molecule has 0 aliphatic carbocycles. The maximum Gasteiger partial charge on any atom is 0.416 e. The largest absolute Gasteiger partial charge is 0.416 e. The number of aromatic nitrogens is 2. The van der Waals surface area contributed by atoms with Gasteiger partial charge in [-0.1, -0.05) is 93.8 Å². The zero-order valence-electron chi connectivity index (χ0n) is 22.8. The lowest BCUT2D eigenvalue weighted by Gasteiger charge is -2.21. The molecule has 0 saturated heterocycles. The van der Waals surface area contributed by atoms with Crippen LogP contribution in [-0.4, -0.2) is 27.5 Å². The number of carbonyl (C=O) groups is 2. The van der Waals surface area contributed by atoms with E-state index in [-0.39, 0.29) is 24.9 Å². The lowest BCUT2D eigenvalue weighted by molar-refractivity contribution is -0.195. The minimum Gasteiger partial charge on any atom is -0.361 e. The molecule has 0 atom stereocenters. The highest BCUT2D eigenvalue weighted by atomic mass is 19.4. The van der Waals surface area contributed by atoms with Crippen molar-refractivity contribution in [2.24, 2.45) is 0 Å². The molecule has 216 valence electrons. The summed E-state index contributed by atoms with van der Waals surface area (Å²) in [7, 11) is 0. The van der Waals surface area contributed by atoms with Crippen LogP contribution in [0.4, 0.5) is 13.2 Å².